The predicted molar refractivity (Wildman–Crippen MR) is 137 cm³/mol. The Kier molecular flexibility index (Phi) is 8.50. The highest BCUT2D eigenvalue weighted by molar-refractivity contribution is 7.92. The van der Waals surface area contributed by atoms with Crippen molar-refractivity contribution in [3.05, 3.63) is 64.9 Å². The summed E-state index contributed by atoms with van der Waals surface area (Å²) in [7, 11) is 0.339. The number of aromatic nitrogens is 3. The maximum absolute atomic E-state index is 13.0. The Morgan fingerprint density at radius 3 is 2.22 bits per heavy atom. The largest absolute Gasteiger partial charge is 0.480 e. The topological polar surface area (TPSA) is 155 Å². The third kappa shape index (κ3) is 7.05. The van der Waals surface area contributed by atoms with Gasteiger partial charge in [0.25, 0.3) is 10.0 Å². The fourth-order valence-electron chi connectivity index (χ4n) is 3.00. The van der Waals surface area contributed by atoms with Crippen LogP contribution in [0.3, 0.4) is 0 Å². The summed E-state index contributed by atoms with van der Waals surface area (Å²) in [5.74, 6) is -1.42. The minimum Gasteiger partial charge on any atom is -0.480 e. The average molecular weight is 549 g/mol. The van der Waals surface area contributed by atoms with E-state index in [-0.39, 0.29) is 28.5 Å². The summed E-state index contributed by atoms with van der Waals surface area (Å²) in [6.07, 6.45) is -0.539. The Bertz CT molecular complexity index is 1380. The lowest BCUT2D eigenvalue weighted by Crippen LogP contribution is -2.33. The van der Waals surface area contributed by atoms with Crippen LogP contribution in [0.25, 0.3) is 0 Å². The molecule has 0 fully saturated rings. The van der Waals surface area contributed by atoms with Crippen molar-refractivity contribution in [2.45, 2.75) is 24.3 Å². The number of benzene rings is 2. The number of carboxylic acid groups (broad SMARTS) is 1. The van der Waals surface area contributed by atoms with E-state index in [0.29, 0.717) is 11.3 Å². The molecule has 1 atom stereocenters. The number of nitrogens with zero attached hydrogens (tertiary/aromatic N) is 5. The molecule has 0 aliphatic rings. The molecule has 1 unspecified atom stereocenters. The second-order valence-electron chi connectivity index (χ2n) is 8.16. The molecule has 0 radical (unpaired) electrons. The summed E-state index contributed by atoms with van der Waals surface area (Å²) < 4.78 is 32.0. The van der Waals surface area contributed by atoms with E-state index < -0.39 is 28.1 Å². The van der Waals surface area contributed by atoms with Gasteiger partial charge >= 0.3 is 12.1 Å². The molecule has 14 heteroatoms. The molecule has 37 heavy (non-hydrogen) atoms. The van der Waals surface area contributed by atoms with Crippen molar-refractivity contribution in [1.29, 1.82) is 0 Å². The van der Waals surface area contributed by atoms with E-state index in [1.807, 2.05) is 6.92 Å². The summed E-state index contributed by atoms with van der Waals surface area (Å²) in [6, 6.07) is 11.3. The molecule has 2 N–H and O–H groups in total. The highest BCUT2D eigenvalue weighted by Gasteiger charge is 2.26. The van der Waals surface area contributed by atoms with Gasteiger partial charge in [0.2, 0.25) is 17.2 Å². The van der Waals surface area contributed by atoms with Crippen molar-refractivity contribution in [1.82, 2.24) is 19.9 Å². The van der Waals surface area contributed by atoms with E-state index in [9.17, 15) is 23.1 Å². The summed E-state index contributed by atoms with van der Waals surface area (Å²) in [4.78, 5) is 36.7. The van der Waals surface area contributed by atoms with Crippen molar-refractivity contribution < 1.29 is 27.9 Å². The number of hydrogen-bond acceptors (Lipinski definition) is 9. The molecule has 0 saturated carbocycles. The molecule has 0 aliphatic heterocycles. The van der Waals surface area contributed by atoms with Crippen LogP contribution < -0.4 is 14.4 Å². The Labute approximate surface area is 218 Å². The fourth-order valence-corrected chi connectivity index (χ4v) is 4.25. The van der Waals surface area contributed by atoms with Gasteiger partial charge in [-0.2, -0.15) is 15.0 Å². The van der Waals surface area contributed by atoms with Crippen LogP contribution in [0.15, 0.2) is 53.4 Å². The number of ether oxygens (including phenoxy) is 1. The van der Waals surface area contributed by atoms with Crippen LogP contribution >= 0.6 is 11.6 Å². The van der Waals surface area contributed by atoms with Crippen LogP contribution in [-0.4, -0.2) is 72.6 Å². The number of carbonyl (C=O) groups is 2. The van der Waals surface area contributed by atoms with Crippen LogP contribution in [-0.2, 0) is 21.2 Å². The molecule has 3 aromatic rings. The first kappa shape index (κ1) is 27.6. The minimum absolute atomic E-state index is 0.00732. The van der Waals surface area contributed by atoms with Crippen LogP contribution in [0, 0.1) is 6.92 Å². The highest BCUT2D eigenvalue weighted by Crippen LogP contribution is 2.22. The number of aryl methyl sites for hydroxylation is 1. The standard InChI is InChI=1S/C23H25ClN6O6S/c1-14-5-11-17(12-6-14)37(34,35)30(4)22-27-20(24)26-21(28-22)25-18(19(31)32)13-15-7-9-16(10-8-15)36-23(33)29(2)3/h5-12,18H,13H2,1-4H3,(H,31,32)(H,25,26,27,28). The summed E-state index contributed by atoms with van der Waals surface area (Å²) in [6.45, 7) is 1.83. The molecular weight excluding hydrogens is 524 g/mol. The molecule has 3 rings (SSSR count). The summed E-state index contributed by atoms with van der Waals surface area (Å²) >= 11 is 6.00. The monoisotopic (exact) mass is 548 g/mol. The van der Waals surface area contributed by atoms with Crippen LogP contribution in [0.2, 0.25) is 5.28 Å². The number of carboxylic acids is 1. The molecular formula is C23H25ClN6O6S. The van der Waals surface area contributed by atoms with E-state index in [1.54, 1.807) is 50.5 Å². The minimum atomic E-state index is -4.01. The van der Waals surface area contributed by atoms with Gasteiger partial charge in [0.1, 0.15) is 11.8 Å². The molecule has 1 amide bonds. The lowest BCUT2D eigenvalue weighted by atomic mass is 10.1. The smallest absolute Gasteiger partial charge is 0.414 e. The lowest BCUT2D eigenvalue weighted by Gasteiger charge is -2.19. The van der Waals surface area contributed by atoms with Crippen LogP contribution in [0.4, 0.5) is 16.7 Å². The van der Waals surface area contributed by atoms with Gasteiger partial charge in [-0.25, -0.2) is 22.3 Å². The SMILES string of the molecule is Cc1ccc(S(=O)(=O)N(C)c2nc(Cl)nc(NC(Cc3ccc(OC(=O)N(C)C)cc3)C(=O)O)n2)cc1. The van der Waals surface area contributed by atoms with E-state index in [1.165, 1.54) is 24.1 Å². The van der Waals surface area contributed by atoms with Gasteiger partial charge in [0.05, 0.1) is 4.90 Å². The Hall–Kier alpha value is -3.97. The van der Waals surface area contributed by atoms with Gasteiger partial charge in [-0.3, -0.25) is 0 Å². The summed E-state index contributed by atoms with van der Waals surface area (Å²) in [5, 5.41) is 12.1. The number of hydrogen-bond donors (Lipinski definition) is 2. The number of amides is 1. The van der Waals surface area contributed by atoms with Crippen molar-refractivity contribution in [3.8, 4) is 5.75 Å². The maximum Gasteiger partial charge on any atom is 0.414 e. The van der Waals surface area contributed by atoms with E-state index in [2.05, 4.69) is 20.3 Å². The van der Waals surface area contributed by atoms with Crippen LogP contribution in [0.1, 0.15) is 11.1 Å². The van der Waals surface area contributed by atoms with E-state index in [4.69, 9.17) is 16.3 Å². The third-order valence-corrected chi connectivity index (χ3v) is 7.01. The maximum atomic E-state index is 13.0. The molecule has 0 bridgehead atoms. The quantitative estimate of drug-likeness (QED) is 0.407. The molecule has 1 aromatic heterocycles. The van der Waals surface area contributed by atoms with Gasteiger partial charge in [0, 0.05) is 27.6 Å². The van der Waals surface area contributed by atoms with E-state index in [0.717, 1.165) is 9.87 Å². The van der Waals surface area contributed by atoms with Gasteiger partial charge in [-0.1, -0.05) is 29.8 Å². The molecule has 196 valence electrons. The predicted octanol–water partition coefficient (Wildman–Crippen LogP) is 2.83. The zero-order valence-electron chi connectivity index (χ0n) is 20.4. The number of sulfonamides is 1. The second-order valence-corrected chi connectivity index (χ2v) is 10.5. The van der Waals surface area contributed by atoms with Gasteiger partial charge in [-0.05, 0) is 48.4 Å². The fraction of sp³-hybridized carbons (Fsp3) is 0.261. The number of aliphatic carboxylic acids is 1. The normalized spacial score (nSPS) is 11.9. The van der Waals surface area contributed by atoms with Gasteiger partial charge < -0.3 is 20.1 Å². The zero-order valence-corrected chi connectivity index (χ0v) is 22.0. The van der Waals surface area contributed by atoms with Crippen LogP contribution in [0.5, 0.6) is 5.75 Å². The van der Waals surface area contributed by atoms with Crippen molar-refractivity contribution in [2.75, 3.05) is 30.8 Å². The van der Waals surface area contributed by atoms with Gasteiger partial charge in [0.15, 0.2) is 0 Å². The number of halogens is 1. The van der Waals surface area contributed by atoms with Crippen molar-refractivity contribution in [3.63, 3.8) is 0 Å². The number of nitrogens with one attached hydrogen (secondary N) is 1. The molecule has 0 saturated heterocycles. The Morgan fingerprint density at radius 1 is 1.03 bits per heavy atom. The molecule has 1 heterocycles. The molecule has 0 aliphatic carbocycles. The molecule has 2 aromatic carbocycles. The Balaban J connectivity index is 1.79. The lowest BCUT2D eigenvalue weighted by molar-refractivity contribution is -0.137. The molecule has 0 spiro atoms. The zero-order chi connectivity index (χ0) is 27.3. The van der Waals surface area contributed by atoms with Gasteiger partial charge in [-0.15, -0.1) is 0 Å². The first-order valence-electron chi connectivity index (χ1n) is 10.8. The summed E-state index contributed by atoms with van der Waals surface area (Å²) in [5.41, 5.74) is 1.50. The first-order valence-corrected chi connectivity index (χ1v) is 12.6. The molecule has 12 nitrogen and oxygen atoms in total. The highest BCUT2D eigenvalue weighted by atomic mass is 35.5. The first-order chi connectivity index (χ1) is 17.4. The van der Waals surface area contributed by atoms with E-state index >= 15 is 0 Å². The average Bonchev–Trinajstić information content (AvgIpc) is 2.84. The third-order valence-electron chi connectivity index (χ3n) is 5.09. The number of rotatable bonds is 9. The second kappa shape index (κ2) is 11.4. The van der Waals surface area contributed by atoms with Crippen molar-refractivity contribution in [2.24, 2.45) is 0 Å². The number of anilines is 2. The Morgan fingerprint density at radius 2 is 1.65 bits per heavy atom. The number of carbonyl (C=O) groups excluding carboxylic acids is 1. The van der Waals surface area contributed by atoms with Crippen molar-refractivity contribution >= 4 is 45.6 Å².